The van der Waals surface area contributed by atoms with Crippen molar-refractivity contribution in [3.63, 3.8) is 0 Å². The first kappa shape index (κ1) is 34.2. The van der Waals surface area contributed by atoms with E-state index in [4.69, 9.17) is 24.8 Å². The van der Waals surface area contributed by atoms with Gasteiger partial charge in [0.25, 0.3) is 0 Å². The number of hydrogen-bond acceptors (Lipinski definition) is 8. The van der Waals surface area contributed by atoms with Crippen LogP contribution in [0.2, 0.25) is 0 Å². The Morgan fingerprint density at radius 2 is 1.27 bits per heavy atom. The molecule has 0 aromatic heterocycles. The number of ether oxygens (including phenoxy) is 2. The Balaban J connectivity index is -0.000000463. The lowest BCUT2D eigenvalue weighted by Gasteiger charge is -2.04. The molecule has 2 aromatic rings. The highest BCUT2D eigenvalue weighted by molar-refractivity contribution is 5.96. The van der Waals surface area contributed by atoms with Crippen molar-refractivity contribution in [1.29, 1.82) is 0 Å². The quantitative estimate of drug-likeness (QED) is 0.231. The monoisotopic (exact) mass is 466 g/mol. The second-order valence-electron chi connectivity index (χ2n) is 5.75. The first-order chi connectivity index (χ1) is 14.8. The second kappa shape index (κ2) is 20.5. The number of hydrogen-bond donors (Lipinski definition) is 3. The number of benzene rings is 2. The molecule has 0 aliphatic rings. The van der Waals surface area contributed by atoms with E-state index < -0.39 is 11.9 Å². The molecule has 3 N–H and O–H groups in total. The summed E-state index contributed by atoms with van der Waals surface area (Å²) in [7, 11) is 1.54. The summed E-state index contributed by atoms with van der Waals surface area (Å²) < 4.78 is 9.68. The van der Waals surface area contributed by atoms with Crippen LogP contribution in [0.3, 0.4) is 0 Å². The second-order valence-corrected chi connectivity index (χ2v) is 5.75. The van der Waals surface area contributed by atoms with Crippen molar-refractivity contribution in [2.75, 3.05) is 33.5 Å². The van der Waals surface area contributed by atoms with Crippen LogP contribution in [-0.2, 0) is 9.47 Å². The van der Waals surface area contributed by atoms with Crippen molar-refractivity contribution in [2.45, 2.75) is 21.8 Å². The minimum atomic E-state index is -0.984. The minimum Gasteiger partial charge on any atom is -0.478 e. The van der Waals surface area contributed by atoms with Crippen LogP contribution >= 0.6 is 0 Å². The lowest BCUT2D eigenvalue weighted by Crippen LogP contribution is -2.10. The van der Waals surface area contributed by atoms with Gasteiger partial charge in [-0.05, 0) is 31.2 Å². The van der Waals surface area contributed by atoms with Crippen LogP contribution in [0.1, 0.15) is 63.2 Å². The van der Waals surface area contributed by atoms with Gasteiger partial charge in [-0.15, -0.1) is 0 Å². The molecule has 33 heavy (non-hydrogen) atoms. The summed E-state index contributed by atoms with van der Waals surface area (Å²) in [5.74, 6) is -1.42. The smallest absolute Gasteiger partial charge is 0.338 e. The van der Waals surface area contributed by atoms with Gasteiger partial charge in [0.1, 0.15) is 12.9 Å². The third-order valence-electron chi connectivity index (χ3n) is 3.44. The van der Waals surface area contributed by atoms with Crippen LogP contribution < -0.4 is 0 Å². The number of aldehydes is 1. The number of aliphatic hydroxyl groups excluding tert-OH is 2. The lowest BCUT2D eigenvalue weighted by atomic mass is 10.1. The standard InChI is InChI=1S/C12H14O4.C8H6O3.C2H6O2.2CH4/c1-9(13)10-3-5-11(6-4-10)12(14)16-8-7-15-2;9-5-6-1-3-7(4-2-6)8(10)11;3-1-2-4;;/h3-6H,7-8H2,1-2H3;1-5H,(H,10,11);3-4H,1-2H2;2*1H4. The van der Waals surface area contributed by atoms with Crippen LogP contribution in [0.5, 0.6) is 0 Å². The first-order valence-corrected chi connectivity index (χ1v) is 9.08. The van der Waals surface area contributed by atoms with Crippen molar-refractivity contribution in [3.05, 3.63) is 70.8 Å². The number of methoxy groups -OCH3 is 1. The number of carbonyl (C=O) groups is 4. The van der Waals surface area contributed by atoms with Gasteiger partial charge in [0.2, 0.25) is 0 Å². The van der Waals surface area contributed by atoms with Gasteiger partial charge in [-0.3, -0.25) is 9.59 Å². The topological polar surface area (TPSA) is 147 Å². The molecule has 0 bridgehead atoms. The third kappa shape index (κ3) is 15.1. The van der Waals surface area contributed by atoms with Gasteiger partial charge in [-0.1, -0.05) is 39.1 Å². The fourth-order valence-corrected chi connectivity index (χ4v) is 1.85. The highest BCUT2D eigenvalue weighted by Gasteiger charge is 2.07. The normalized spacial score (nSPS) is 8.73. The highest BCUT2D eigenvalue weighted by Crippen LogP contribution is 2.06. The summed E-state index contributed by atoms with van der Waals surface area (Å²) in [5.41, 5.74) is 1.68. The van der Waals surface area contributed by atoms with Crippen LogP contribution in [0.4, 0.5) is 0 Å². The first-order valence-electron chi connectivity index (χ1n) is 9.08. The van der Waals surface area contributed by atoms with E-state index in [-0.39, 0.29) is 46.0 Å². The molecule has 9 nitrogen and oxygen atoms in total. The van der Waals surface area contributed by atoms with Crippen molar-refractivity contribution in [1.82, 2.24) is 0 Å². The van der Waals surface area contributed by atoms with Gasteiger partial charge in [-0.2, -0.15) is 0 Å². The molecule has 184 valence electrons. The Kier molecular flexibility index (Phi) is 21.3. The molecule has 0 atom stereocenters. The van der Waals surface area contributed by atoms with Crippen LogP contribution in [-0.4, -0.2) is 72.9 Å². The zero-order valence-electron chi connectivity index (χ0n) is 17.3. The number of aromatic carboxylic acids is 1. The Labute approximate surface area is 194 Å². The zero-order chi connectivity index (χ0) is 23.6. The number of Topliss-reactive ketones (excluding diaryl/α,β-unsaturated/α-hetero) is 1. The SMILES string of the molecule is C.C.COCCOC(=O)c1ccc(C(C)=O)cc1.O=Cc1ccc(C(=O)O)cc1.OCCO. The molecule has 2 rings (SSSR count). The third-order valence-corrected chi connectivity index (χ3v) is 3.44. The van der Waals surface area contributed by atoms with Gasteiger partial charge in [0, 0.05) is 18.2 Å². The Bertz CT molecular complexity index is 811. The largest absolute Gasteiger partial charge is 0.478 e. The number of esters is 1. The van der Waals surface area contributed by atoms with Crippen LogP contribution in [0.15, 0.2) is 48.5 Å². The number of ketones is 1. The fraction of sp³-hybridized carbons (Fsp3) is 0.333. The molecule has 0 saturated carbocycles. The summed E-state index contributed by atoms with van der Waals surface area (Å²) in [6.07, 6.45) is 0.672. The van der Waals surface area contributed by atoms with Crippen LogP contribution in [0, 0.1) is 0 Å². The predicted molar refractivity (Wildman–Crippen MR) is 125 cm³/mol. The summed E-state index contributed by atoms with van der Waals surface area (Å²) in [4.78, 5) is 42.9. The minimum absolute atomic E-state index is 0. The molecule has 9 heteroatoms. The number of aliphatic hydroxyl groups is 2. The van der Waals surface area contributed by atoms with Crippen molar-refractivity contribution < 1.29 is 44.0 Å². The van der Waals surface area contributed by atoms with Crippen molar-refractivity contribution in [2.24, 2.45) is 0 Å². The molecule has 0 saturated heterocycles. The molecule has 0 unspecified atom stereocenters. The maximum Gasteiger partial charge on any atom is 0.338 e. The van der Waals surface area contributed by atoms with Gasteiger partial charge < -0.3 is 24.8 Å². The van der Waals surface area contributed by atoms with Gasteiger partial charge in [-0.25, -0.2) is 9.59 Å². The Morgan fingerprint density at radius 1 is 0.818 bits per heavy atom. The van der Waals surface area contributed by atoms with E-state index in [0.29, 0.717) is 29.6 Å². The summed E-state index contributed by atoms with van der Waals surface area (Å²) in [6, 6.07) is 12.1. The molecule has 0 aliphatic carbocycles. The molecular weight excluding hydrogens is 432 g/mol. The van der Waals surface area contributed by atoms with Crippen molar-refractivity contribution in [3.8, 4) is 0 Å². The van der Waals surface area contributed by atoms with E-state index in [1.807, 2.05) is 0 Å². The highest BCUT2D eigenvalue weighted by atomic mass is 16.6. The molecule has 0 spiro atoms. The molecular formula is C24H34O9. The Hall–Kier alpha value is -3.40. The van der Waals surface area contributed by atoms with Gasteiger partial charge in [0.05, 0.1) is 30.9 Å². The van der Waals surface area contributed by atoms with E-state index in [9.17, 15) is 19.2 Å². The van der Waals surface area contributed by atoms with E-state index in [1.165, 1.54) is 38.3 Å². The van der Waals surface area contributed by atoms with E-state index in [1.54, 1.807) is 24.3 Å². The number of carboxylic acids is 1. The molecule has 0 aliphatic heterocycles. The summed E-state index contributed by atoms with van der Waals surface area (Å²) >= 11 is 0. The fourth-order valence-electron chi connectivity index (χ4n) is 1.85. The number of carbonyl (C=O) groups excluding carboxylic acids is 3. The summed E-state index contributed by atoms with van der Waals surface area (Å²) in [6.45, 7) is 1.83. The summed E-state index contributed by atoms with van der Waals surface area (Å²) in [5, 5.41) is 23.7. The molecule has 2 aromatic carbocycles. The lowest BCUT2D eigenvalue weighted by molar-refractivity contribution is 0.0387. The average Bonchev–Trinajstić information content (AvgIpc) is 2.79. The molecule has 0 fully saturated rings. The predicted octanol–water partition coefficient (Wildman–Crippen LogP) is 3.13. The number of carboxylic acid groups (broad SMARTS) is 1. The zero-order valence-corrected chi connectivity index (χ0v) is 17.3. The Morgan fingerprint density at radius 3 is 1.64 bits per heavy atom. The number of rotatable bonds is 8. The van der Waals surface area contributed by atoms with Crippen molar-refractivity contribution >= 4 is 24.0 Å². The van der Waals surface area contributed by atoms with Crippen LogP contribution in [0.25, 0.3) is 0 Å². The van der Waals surface area contributed by atoms with E-state index in [2.05, 4.69) is 0 Å². The van der Waals surface area contributed by atoms with Gasteiger partial charge >= 0.3 is 11.9 Å². The van der Waals surface area contributed by atoms with E-state index >= 15 is 0 Å². The molecule has 0 radical (unpaired) electrons. The maximum absolute atomic E-state index is 11.4. The maximum atomic E-state index is 11.4. The average molecular weight is 467 g/mol. The molecule has 0 amide bonds. The van der Waals surface area contributed by atoms with E-state index in [0.717, 1.165) is 0 Å². The molecule has 0 heterocycles. The van der Waals surface area contributed by atoms with Gasteiger partial charge in [0.15, 0.2) is 5.78 Å².